The van der Waals surface area contributed by atoms with Crippen molar-refractivity contribution in [2.24, 2.45) is 0 Å². The van der Waals surface area contributed by atoms with Crippen molar-refractivity contribution in [1.82, 2.24) is 0 Å². The van der Waals surface area contributed by atoms with E-state index in [2.05, 4.69) is 20.8 Å². The molecule has 284 valence electrons. The molecule has 0 N–H and O–H groups in total. The minimum Gasteiger partial charge on any atom is -0.462 e. The highest BCUT2D eigenvalue weighted by Crippen LogP contribution is 2.15. The zero-order valence-corrected chi connectivity index (χ0v) is 32.3. The Morgan fingerprint density at radius 3 is 0.833 bits per heavy atom. The van der Waals surface area contributed by atoms with Gasteiger partial charge in [0.1, 0.15) is 13.2 Å². The Hall–Kier alpha value is -1.59. The summed E-state index contributed by atoms with van der Waals surface area (Å²) in [6, 6.07) is 0. The first-order valence-corrected chi connectivity index (χ1v) is 21.0. The summed E-state index contributed by atoms with van der Waals surface area (Å²) in [4.78, 5) is 37.3. The van der Waals surface area contributed by atoms with E-state index in [-0.39, 0.29) is 31.1 Å². The van der Waals surface area contributed by atoms with Gasteiger partial charge in [-0.05, 0) is 19.3 Å². The van der Waals surface area contributed by atoms with Crippen molar-refractivity contribution in [3.05, 3.63) is 0 Å². The van der Waals surface area contributed by atoms with E-state index in [1.54, 1.807) is 0 Å². The van der Waals surface area contributed by atoms with E-state index < -0.39 is 6.10 Å². The highest BCUT2D eigenvalue weighted by Gasteiger charge is 2.19. The fourth-order valence-corrected chi connectivity index (χ4v) is 6.15. The van der Waals surface area contributed by atoms with Crippen LogP contribution in [0.15, 0.2) is 0 Å². The van der Waals surface area contributed by atoms with E-state index in [9.17, 15) is 14.4 Å². The van der Waals surface area contributed by atoms with Crippen LogP contribution in [0.5, 0.6) is 0 Å². The maximum absolute atomic E-state index is 12.6. The summed E-state index contributed by atoms with van der Waals surface area (Å²) in [6.07, 6.45) is 36.8. The normalized spacial score (nSPS) is 11.8. The zero-order valence-electron chi connectivity index (χ0n) is 32.3. The number of unbranched alkanes of at least 4 members (excludes halogenated alkanes) is 27. The van der Waals surface area contributed by atoms with E-state index in [4.69, 9.17) is 14.2 Å². The van der Waals surface area contributed by atoms with Crippen molar-refractivity contribution in [3.8, 4) is 0 Å². The topological polar surface area (TPSA) is 78.9 Å². The van der Waals surface area contributed by atoms with Crippen LogP contribution < -0.4 is 0 Å². The molecule has 0 saturated heterocycles. The third kappa shape index (κ3) is 35.7. The first kappa shape index (κ1) is 46.4. The Kier molecular flexibility index (Phi) is 36.9. The van der Waals surface area contributed by atoms with E-state index in [1.165, 1.54) is 128 Å². The van der Waals surface area contributed by atoms with Gasteiger partial charge in [-0.1, -0.05) is 194 Å². The van der Waals surface area contributed by atoms with Crippen molar-refractivity contribution in [2.75, 3.05) is 13.2 Å². The molecule has 0 aliphatic carbocycles. The lowest BCUT2D eigenvalue weighted by atomic mass is 10.0. The van der Waals surface area contributed by atoms with Crippen LogP contribution in [0.1, 0.15) is 233 Å². The summed E-state index contributed by atoms with van der Waals surface area (Å²) in [6.45, 7) is 6.55. The van der Waals surface area contributed by atoms with Crippen LogP contribution in [0, 0.1) is 0 Å². The van der Waals surface area contributed by atoms with E-state index in [1.807, 2.05) is 0 Å². The lowest BCUT2D eigenvalue weighted by Gasteiger charge is -2.18. The summed E-state index contributed by atoms with van der Waals surface area (Å²) in [5.74, 6) is -0.871. The van der Waals surface area contributed by atoms with Gasteiger partial charge >= 0.3 is 17.9 Å². The lowest BCUT2D eigenvalue weighted by molar-refractivity contribution is -0.167. The number of hydrogen-bond acceptors (Lipinski definition) is 6. The monoisotopic (exact) mass is 681 g/mol. The Balaban J connectivity index is 4.22. The Bertz CT molecular complexity index is 708. The molecule has 0 aliphatic rings. The maximum Gasteiger partial charge on any atom is 0.306 e. The molecule has 0 radical (unpaired) electrons. The van der Waals surface area contributed by atoms with E-state index in [0.717, 1.165) is 64.2 Å². The van der Waals surface area contributed by atoms with Crippen LogP contribution in [0.2, 0.25) is 0 Å². The Morgan fingerprint density at radius 2 is 0.562 bits per heavy atom. The van der Waals surface area contributed by atoms with Gasteiger partial charge in [0.15, 0.2) is 6.10 Å². The summed E-state index contributed by atoms with van der Waals surface area (Å²) >= 11 is 0. The molecule has 0 saturated carbocycles. The smallest absolute Gasteiger partial charge is 0.306 e. The summed E-state index contributed by atoms with van der Waals surface area (Å²) in [5, 5.41) is 0. The predicted octanol–water partition coefficient (Wildman–Crippen LogP) is 12.9. The molecule has 6 nitrogen and oxygen atoms in total. The second-order valence-electron chi connectivity index (χ2n) is 14.3. The SMILES string of the molecule is CCCCCCCCCCCCCCCC(=O)OC[C@@H](COC(=O)CCCCCCC)OC(=O)CCCCCCCCCCCCCC. The average molecular weight is 681 g/mol. The van der Waals surface area contributed by atoms with Gasteiger partial charge in [-0.3, -0.25) is 14.4 Å². The minimum absolute atomic E-state index is 0.0642. The lowest BCUT2D eigenvalue weighted by Crippen LogP contribution is -2.30. The molecule has 0 bridgehead atoms. The second-order valence-corrected chi connectivity index (χ2v) is 14.3. The molecule has 48 heavy (non-hydrogen) atoms. The molecular formula is C42H80O6. The van der Waals surface area contributed by atoms with Crippen LogP contribution in [0.4, 0.5) is 0 Å². The van der Waals surface area contributed by atoms with Crippen LogP contribution >= 0.6 is 0 Å². The molecule has 0 aliphatic heterocycles. The van der Waals surface area contributed by atoms with Gasteiger partial charge in [-0.15, -0.1) is 0 Å². The number of esters is 3. The van der Waals surface area contributed by atoms with Gasteiger partial charge in [0, 0.05) is 19.3 Å². The summed E-state index contributed by atoms with van der Waals surface area (Å²) in [5.41, 5.74) is 0. The third-order valence-corrected chi connectivity index (χ3v) is 9.36. The van der Waals surface area contributed by atoms with Crippen LogP contribution in [0.3, 0.4) is 0 Å². The first-order chi connectivity index (χ1) is 23.5. The van der Waals surface area contributed by atoms with Gasteiger partial charge in [0.25, 0.3) is 0 Å². The molecule has 0 aromatic rings. The first-order valence-electron chi connectivity index (χ1n) is 21.0. The van der Waals surface area contributed by atoms with Crippen LogP contribution in [-0.4, -0.2) is 37.2 Å². The van der Waals surface area contributed by atoms with Gasteiger partial charge in [0.05, 0.1) is 0 Å². The Labute approximate surface area is 298 Å². The molecule has 0 heterocycles. The Morgan fingerprint density at radius 1 is 0.333 bits per heavy atom. The number of carbonyl (C=O) groups is 3. The highest BCUT2D eigenvalue weighted by molar-refractivity contribution is 5.71. The summed E-state index contributed by atoms with van der Waals surface area (Å²) < 4.78 is 16.6. The van der Waals surface area contributed by atoms with Crippen molar-refractivity contribution in [3.63, 3.8) is 0 Å². The van der Waals surface area contributed by atoms with Gasteiger partial charge in [0.2, 0.25) is 0 Å². The van der Waals surface area contributed by atoms with Crippen LogP contribution in [-0.2, 0) is 28.6 Å². The van der Waals surface area contributed by atoms with Gasteiger partial charge in [-0.25, -0.2) is 0 Å². The predicted molar refractivity (Wildman–Crippen MR) is 201 cm³/mol. The van der Waals surface area contributed by atoms with Crippen molar-refractivity contribution < 1.29 is 28.6 Å². The molecule has 6 heteroatoms. The maximum atomic E-state index is 12.6. The molecule has 0 aromatic carbocycles. The molecule has 1 atom stereocenters. The fraction of sp³-hybridized carbons (Fsp3) is 0.929. The molecular weight excluding hydrogens is 600 g/mol. The van der Waals surface area contributed by atoms with Crippen molar-refractivity contribution in [1.29, 1.82) is 0 Å². The van der Waals surface area contributed by atoms with Crippen LogP contribution in [0.25, 0.3) is 0 Å². The van der Waals surface area contributed by atoms with E-state index in [0.29, 0.717) is 19.3 Å². The largest absolute Gasteiger partial charge is 0.462 e. The molecule has 0 unspecified atom stereocenters. The standard InChI is InChI=1S/C42H80O6/c1-4-7-10-13-15-17-19-21-23-24-26-29-32-35-41(44)47-38-39(37-46-40(43)34-31-28-12-9-6-3)48-42(45)36-33-30-27-25-22-20-18-16-14-11-8-5-2/h39H,4-38H2,1-3H3/t39-/m1/s1. The zero-order chi connectivity index (χ0) is 35.2. The molecule has 0 rings (SSSR count). The van der Waals surface area contributed by atoms with Crippen molar-refractivity contribution >= 4 is 17.9 Å². The molecule has 0 aromatic heterocycles. The average Bonchev–Trinajstić information content (AvgIpc) is 3.08. The van der Waals surface area contributed by atoms with Crippen molar-refractivity contribution in [2.45, 2.75) is 239 Å². The number of carbonyl (C=O) groups excluding carboxylic acids is 3. The minimum atomic E-state index is -0.755. The quantitative estimate of drug-likeness (QED) is 0.0367. The summed E-state index contributed by atoms with van der Waals surface area (Å²) in [7, 11) is 0. The molecule has 0 spiro atoms. The molecule has 0 amide bonds. The van der Waals surface area contributed by atoms with Gasteiger partial charge in [-0.2, -0.15) is 0 Å². The number of hydrogen-bond donors (Lipinski definition) is 0. The van der Waals surface area contributed by atoms with Gasteiger partial charge < -0.3 is 14.2 Å². The molecule has 0 fully saturated rings. The third-order valence-electron chi connectivity index (χ3n) is 9.36. The van der Waals surface area contributed by atoms with E-state index >= 15 is 0 Å². The highest BCUT2D eigenvalue weighted by atomic mass is 16.6. The number of rotatable bonds is 38. The number of ether oxygens (including phenoxy) is 3. The second kappa shape index (κ2) is 38.2. The fourth-order valence-electron chi connectivity index (χ4n) is 6.15.